The summed E-state index contributed by atoms with van der Waals surface area (Å²) in [5.41, 5.74) is 4.41. The monoisotopic (exact) mass is 435 g/mol. The average molecular weight is 436 g/mol. The van der Waals surface area contributed by atoms with Gasteiger partial charge in [0, 0.05) is 43.6 Å². The van der Waals surface area contributed by atoms with Crippen molar-refractivity contribution in [2.24, 2.45) is 0 Å². The molecule has 4 aromatic heterocycles. The standard InChI is InChI=1S/C23H26FN7O/c1-13-7-21-19(29-9-14(2)25-15(3)10-29)5-6-20(31(21)28-13)23(32)27-17-8-18(24)22-26-16(4)11-30(22)12-17/h5-8,11-12,14-15,25H,9-10H2,1-4H3,(H,27,32). The van der Waals surface area contributed by atoms with Crippen molar-refractivity contribution in [3.63, 3.8) is 0 Å². The number of anilines is 2. The van der Waals surface area contributed by atoms with Gasteiger partial charge in [-0.3, -0.25) is 4.79 Å². The number of hydrogen-bond donors (Lipinski definition) is 2. The Hall–Kier alpha value is -3.46. The smallest absolute Gasteiger partial charge is 0.274 e. The minimum Gasteiger partial charge on any atom is -0.367 e. The first-order valence-corrected chi connectivity index (χ1v) is 10.7. The molecule has 1 aliphatic heterocycles. The third-order valence-corrected chi connectivity index (χ3v) is 5.74. The first-order valence-electron chi connectivity index (χ1n) is 10.7. The van der Waals surface area contributed by atoms with Gasteiger partial charge in [0.2, 0.25) is 0 Å². The molecule has 1 amide bonds. The van der Waals surface area contributed by atoms with Crippen LogP contribution in [0.5, 0.6) is 0 Å². The van der Waals surface area contributed by atoms with Gasteiger partial charge in [0.05, 0.1) is 28.3 Å². The van der Waals surface area contributed by atoms with Crippen LogP contribution >= 0.6 is 0 Å². The second-order valence-corrected chi connectivity index (χ2v) is 8.70. The predicted octanol–water partition coefficient (Wildman–Crippen LogP) is 3.18. The highest BCUT2D eigenvalue weighted by Crippen LogP contribution is 2.27. The van der Waals surface area contributed by atoms with Gasteiger partial charge < -0.3 is 19.9 Å². The molecule has 9 heteroatoms. The van der Waals surface area contributed by atoms with Crippen LogP contribution in [-0.4, -0.2) is 50.1 Å². The molecule has 1 aliphatic rings. The quantitative estimate of drug-likeness (QED) is 0.517. The maximum absolute atomic E-state index is 14.4. The van der Waals surface area contributed by atoms with Gasteiger partial charge in [-0.15, -0.1) is 0 Å². The summed E-state index contributed by atoms with van der Waals surface area (Å²) in [6, 6.07) is 7.74. The van der Waals surface area contributed by atoms with Crippen LogP contribution in [0.4, 0.5) is 15.8 Å². The maximum Gasteiger partial charge on any atom is 0.274 e. The number of amides is 1. The summed E-state index contributed by atoms with van der Waals surface area (Å²) in [6.45, 7) is 9.79. The van der Waals surface area contributed by atoms with Crippen LogP contribution < -0.4 is 15.5 Å². The second-order valence-electron chi connectivity index (χ2n) is 8.70. The van der Waals surface area contributed by atoms with E-state index in [1.165, 1.54) is 6.07 Å². The molecule has 2 atom stereocenters. The van der Waals surface area contributed by atoms with E-state index in [0.717, 1.165) is 30.0 Å². The van der Waals surface area contributed by atoms with Gasteiger partial charge in [-0.25, -0.2) is 13.9 Å². The number of rotatable bonds is 3. The first-order chi connectivity index (χ1) is 15.3. The number of halogens is 1. The number of hydrogen-bond acceptors (Lipinski definition) is 5. The molecular formula is C23H26FN7O. The van der Waals surface area contributed by atoms with Gasteiger partial charge in [0.1, 0.15) is 5.69 Å². The lowest BCUT2D eigenvalue weighted by molar-refractivity contribution is 0.102. The molecular weight excluding hydrogens is 409 g/mol. The Labute approximate surface area is 185 Å². The first kappa shape index (κ1) is 20.4. The summed E-state index contributed by atoms with van der Waals surface area (Å²) in [5.74, 6) is -0.851. The topological polar surface area (TPSA) is 79.0 Å². The summed E-state index contributed by atoms with van der Waals surface area (Å²) in [7, 11) is 0. The van der Waals surface area contributed by atoms with Gasteiger partial charge in [0.25, 0.3) is 5.91 Å². The third-order valence-electron chi connectivity index (χ3n) is 5.74. The van der Waals surface area contributed by atoms with E-state index in [2.05, 4.69) is 39.5 Å². The van der Waals surface area contributed by atoms with Crippen LogP contribution in [0.25, 0.3) is 11.2 Å². The molecule has 2 unspecified atom stereocenters. The molecule has 5 heterocycles. The number of nitrogens with one attached hydrogen (secondary N) is 2. The van der Waals surface area contributed by atoms with Crippen molar-refractivity contribution < 1.29 is 9.18 Å². The van der Waals surface area contributed by atoms with E-state index in [4.69, 9.17) is 0 Å². The van der Waals surface area contributed by atoms with E-state index < -0.39 is 5.82 Å². The SMILES string of the molecule is Cc1cn2cc(NC(=O)c3ccc(N4CC(C)NC(C)C4)c4cc(C)nn34)cc(F)c2n1. The molecule has 32 heavy (non-hydrogen) atoms. The predicted molar refractivity (Wildman–Crippen MR) is 122 cm³/mol. The van der Waals surface area contributed by atoms with Crippen LogP contribution in [0.15, 0.2) is 36.7 Å². The molecule has 0 aliphatic carbocycles. The van der Waals surface area contributed by atoms with E-state index in [1.54, 1.807) is 34.3 Å². The highest BCUT2D eigenvalue weighted by Gasteiger charge is 2.24. The number of nitrogens with zero attached hydrogens (tertiary/aromatic N) is 5. The van der Waals surface area contributed by atoms with Crippen molar-refractivity contribution in [3.8, 4) is 0 Å². The highest BCUT2D eigenvalue weighted by molar-refractivity contribution is 6.04. The van der Waals surface area contributed by atoms with Crippen molar-refractivity contribution in [1.82, 2.24) is 24.3 Å². The highest BCUT2D eigenvalue weighted by atomic mass is 19.1. The molecule has 166 valence electrons. The van der Waals surface area contributed by atoms with Gasteiger partial charge in [-0.2, -0.15) is 5.10 Å². The number of aromatic nitrogens is 4. The molecule has 5 rings (SSSR count). The second kappa shape index (κ2) is 7.59. The summed E-state index contributed by atoms with van der Waals surface area (Å²) < 4.78 is 17.7. The van der Waals surface area contributed by atoms with Crippen molar-refractivity contribution >= 4 is 28.4 Å². The molecule has 8 nitrogen and oxygen atoms in total. The zero-order valence-corrected chi connectivity index (χ0v) is 18.6. The Morgan fingerprint density at radius 1 is 1.12 bits per heavy atom. The lowest BCUT2D eigenvalue weighted by Crippen LogP contribution is -2.54. The number of imidazole rings is 1. The molecule has 1 fully saturated rings. The van der Waals surface area contributed by atoms with E-state index in [1.807, 2.05) is 19.1 Å². The Bertz CT molecular complexity index is 1330. The maximum atomic E-state index is 14.4. The zero-order valence-electron chi connectivity index (χ0n) is 18.6. The van der Waals surface area contributed by atoms with Crippen molar-refractivity contribution in [2.75, 3.05) is 23.3 Å². The summed E-state index contributed by atoms with van der Waals surface area (Å²) in [4.78, 5) is 19.6. The van der Waals surface area contributed by atoms with E-state index >= 15 is 0 Å². The molecule has 4 aromatic rings. The van der Waals surface area contributed by atoms with Crippen molar-refractivity contribution in [2.45, 2.75) is 39.8 Å². The summed E-state index contributed by atoms with van der Waals surface area (Å²) >= 11 is 0. The van der Waals surface area contributed by atoms with Crippen LogP contribution in [-0.2, 0) is 0 Å². The van der Waals surface area contributed by atoms with Crippen LogP contribution in [0.2, 0.25) is 0 Å². The largest absolute Gasteiger partial charge is 0.367 e. The van der Waals surface area contributed by atoms with Crippen LogP contribution in [0.1, 0.15) is 35.7 Å². The Morgan fingerprint density at radius 2 is 1.88 bits per heavy atom. The molecule has 0 bridgehead atoms. The number of carbonyl (C=O) groups excluding carboxylic acids is 1. The Balaban J connectivity index is 1.50. The minimum atomic E-state index is -0.492. The average Bonchev–Trinajstić information content (AvgIpc) is 3.28. The Morgan fingerprint density at radius 3 is 2.62 bits per heavy atom. The third kappa shape index (κ3) is 3.58. The normalized spacial score (nSPS) is 19.1. The summed E-state index contributed by atoms with van der Waals surface area (Å²) in [5, 5.41) is 10.9. The minimum absolute atomic E-state index is 0.231. The van der Waals surface area contributed by atoms with E-state index in [0.29, 0.717) is 29.2 Å². The lowest BCUT2D eigenvalue weighted by atomic mass is 10.1. The van der Waals surface area contributed by atoms with Gasteiger partial charge >= 0.3 is 0 Å². The number of fused-ring (bicyclic) bond motifs is 2. The molecule has 0 aromatic carbocycles. The van der Waals surface area contributed by atoms with Gasteiger partial charge in [-0.1, -0.05) is 0 Å². The number of piperazine rings is 1. The fourth-order valence-electron chi connectivity index (χ4n) is 4.59. The fraction of sp³-hybridized carbons (Fsp3) is 0.348. The Kier molecular flexibility index (Phi) is 4.85. The van der Waals surface area contributed by atoms with E-state index in [9.17, 15) is 9.18 Å². The molecule has 2 N–H and O–H groups in total. The number of aryl methyl sites for hydroxylation is 2. The molecule has 0 spiro atoms. The van der Waals surface area contributed by atoms with Gasteiger partial charge in [-0.05, 0) is 45.9 Å². The van der Waals surface area contributed by atoms with Crippen LogP contribution in [0.3, 0.4) is 0 Å². The van der Waals surface area contributed by atoms with E-state index in [-0.39, 0.29) is 11.6 Å². The molecule has 0 radical (unpaired) electrons. The number of carbonyl (C=O) groups is 1. The molecule has 1 saturated heterocycles. The van der Waals surface area contributed by atoms with Gasteiger partial charge in [0.15, 0.2) is 11.5 Å². The van der Waals surface area contributed by atoms with Crippen molar-refractivity contribution in [3.05, 3.63) is 59.6 Å². The van der Waals surface area contributed by atoms with Crippen LogP contribution in [0, 0.1) is 19.7 Å². The lowest BCUT2D eigenvalue weighted by Gasteiger charge is -2.38. The summed E-state index contributed by atoms with van der Waals surface area (Å²) in [6.07, 6.45) is 3.37. The zero-order chi connectivity index (χ0) is 22.6. The fourth-order valence-corrected chi connectivity index (χ4v) is 4.59. The molecule has 0 saturated carbocycles. The van der Waals surface area contributed by atoms with Crippen molar-refractivity contribution in [1.29, 1.82) is 0 Å². The number of pyridine rings is 2.